The van der Waals surface area contributed by atoms with Gasteiger partial charge in [0.25, 0.3) is 0 Å². The van der Waals surface area contributed by atoms with Gasteiger partial charge in [0.15, 0.2) is 0 Å². The van der Waals surface area contributed by atoms with Crippen molar-refractivity contribution in [3.8, 4) is 0 Å². The van der Waals surface area contributed by atoms with E-state index in [-0.39, 0.29) is 29.3 Å². The van der Waals surface area contributed by atoms with E-state index in [4.69, 9.17) is 4.99 Å². The van der Waals surface area contributed by atoms with Crippen LogP contribution in [0, 0.1) is 5.82 Å². The minimum absolute atomic E-state index is 0.0952. The molecule has 2 aromatic rings. The summed E-state index contributed by atoms with van der Waals surface area (Å²) in [5.41, 5.74) is 3.52. The predicted octanol–water partition coefficient (Wildman–Crippen LogP) is 5.82. The molecule has 166 valence electrons. The molecule has 3 atom stereocenters. The van der Waals surface area contributed by atoms with Gasteiger partial charge in [0.1, 0.15) is 23.4 Å². The van der Waals surface area contributed by atoms with E-state index in [2.05, 4.69) is 4.99 Å². The van der Waals surface area contributed by atoms with E-state index in [0.29, 0.717) is 41.7 Å². The van der Waals surface area contributed by atoms with Gasteiger partial charge in [-0.2, -0.15) is 0 Å². The third-order valence-electron chi connectivity index (χ3n) is 6.74. The molecule has 1 aliphatic carbocycles. The zero-order valence-corrected chi connectivity index (χ0v) is 18.5. The van der Waals surface area contributed by atoms with Crippen molar-refractivity contribution in [2.24, 2.45) is 9.98 Å². The molecular weight excluding hydrogens is 415 g/mol. The zero-order valence-electron chi connectivity index (χ0n) is 18.5. The fraction of sp³-hybridized carbons (Fsp3) is 0.286. The first-order valence-electron chi connectivity index (χ1n) is 11.5. The minimum atomic E-state index is -0.623. The van der Waals surface area contributed by atoms with Crippen molar-refractivity contribution in [1.82, 2.24) is 0 Å². The highest BCUT2D eigenvalue weighted by atomic mass is 19.1. The summed E-state index contributed by atoms with van der Waals surface area (Å²) in [6.07, 6.45) is 7.80. The summed E-state index contributed by atoms with van der Waals surface area (Å²) in [7, 11) is 0. The Labute approximate surface area is 192 Å². The largest absolute Gasteiger partial charge is 0.299 e. The van der Waals surface area contributed by atoms with Crippen molar-refractivity contribution in [3.05, 3.63) is 94.3 Å². The molecular formula is C28H25FN2O2. The molecule has 5 rings (SSSR count). The molecule has 2 aromatic carbocycles. The summed E-state index contributed by atoms with van der Waals surface area (Å²) < 4.78 is 15.7. The molecule has 0 amide bonds. The lowest BCUT2D eigenvalue weighted by Crippen LogP contribution is -2.26. The van der Waals surface area contributed by atoms with E-state index in [1.165, 1.54) is 0 Å². The van der Waals surface area contributed by atoms with Gasteiger partial charge in [0.05, 0.1) is 6.04 Å². The summed E-state index contributed by atoms with van der Waals surface area (Å²) in [5, 5.41) is 0. The Kier molecular flexibility index (Phi) is 5.71. The third kappa shape index (κ3) is 3.82. The standard InChI is InChI=1S/C28H25FN2O2/c1-2-17-16-23(21-12-6-11-20(25(21)29)19-10-7-13-24(19)32)31-27(28(17)33)22-14-15-30-26(22)18-8-4-3-5-9-18/h3-6,8-9,11-12,14-16,19,23,26H,2,7,10,13H2,1H3. The molecule has 0 spiro atoms. The molecule has 2 aliphatic heterocycles. The molecule has 3 unspecified atom stereocenters. The van der Waals surface area contributed by atoms with Crippen molar-refractivity contribution >= 4 is 23.5 Å². The molecule has 1 saturated carbocycles. The van der Waals surface area contributed by atoms with Crippen LogP contribution in [-0.2, 0) is 9.59 Å². The SMILES string of the molecule is CCC1=CC(c2cccc(C3CCCC3=O)c2F)N=C(C2=CC=NC2c2ccccc2)C1=O. The first-order valence-corrected chi connectivity index (χ1v) is 11.5. The van der Waals surface area contributed by atoms with Crippen LogP contribution in [0.15, 0.2) is 81.8 Å². The predicted molar refractivity (Wildman–Crippen MR) is 127 cm³/mol. The van der Waals surface area contributed by atoms with Gasteiger partial charge in [-0.25, -0.2) is 4.39 Å². The zero-order chi connectivity index (χ0) is 22.9. The number of benzene rings is 2. The van der Waals surface area contributed by atoms with E-state index in [0.717, 1.165) is 17.6 Å². The molecule has 0 saturated heterocycles. The van der Waals surface area contributed by atoms with Crippen LogP contribution in [0.25, 0.3) is 0 Å². The minimum Gasteiger partial charge on any atom is -0.299 e. The second-order valence-corrected chi connectivity index (χ2v) is 8.69. The Hall–Kier alpha value is -3.47. The highest BCUT2D eigenvalue weighted by molar-refractivity contribution is 6.52. The highest BCUT2D eigenvalue weighted by Crippen LogP contribution is 2.38. The number of rotatable bonds is 5. The van der Waals surface area contributed by atoms with Crippen LogP contribution in [0.4, 0.5) is 4.39 Å². The maximum atomic E-state index is 15.7. The van der Waals surface area contributed by atoms with Gasteiger partial charge in [-0.05, 0) is 48.1 Å². The smallest absolute Gasteiger partial charge is 0.207 e. The average Bonchev–Trinajstić information content (AvgIpc) is 3.49. The Morgan fingerprint density at radius 1 is 1.03 bits per heavy atom. The molecule has 5 heteroatoms. The van der Waals surface area contributed by atoms with E-state index in [1.807, 2.05) is 43.3 Å². The number of hydrogen-bond donors (Lipinski definition) is 0. The number of hydrogen-bond acceptors (Lipinski definition) is 4. The fourth-order valence-electron chi connectivity index (χ4n) is 5.00. The van der Waals surface area contributed by atoms with Gasteiger partial charge in [-0.1, -0.05) is 55.5 Å². The quantitative estimate of drug-likeness (QED) is 0.589. The number of carbonyl (C=O) groups excluding carboxylic acids is 2. The van der Waals surface area contributed by atoms with Crippen molar-refractivity contribution in [2.75, 3.05) is 0 Å². The second-order valence-electron chi connectivity index (χ2n) is 8.69. The summed E-state index contributed by atoms with van der Waals surface area (Å²) in [6, 6.07) is 14.0. The number of allylic oxidation sites excluding steroid dienone is 2. The lowest BCUT2D eigenvalue weighted by atomic mass is 9.86. The summed E-state index contributed by atoms with van der Waals surface area (Å²) in [5.74, 6) is -0.809. The summed E-state index contributed by atoms with van der Waals surface area (Å²) >= 11 is 0. The van der Waals surface area contributed by atoms with Gasteiger partial charge >= 0.3 is 0 Å². The molecule has 0 bridgehead atoms. The van der Waals surface area contributed by atoms with Crippen LogP contribution < -0.4 is 0 Å². The Bertz CT molecular complexity index is 1240. The van der Waals surface area contributed by atoms with Crippen LogP contribution in [0.3, 0.4) is 0 Å². The first-order chi connectivity index (χ1) is 16.1. The van der Waals surface area contributed by atoms with Crippen LogP contribution in [0.1, 0.15) is 67.3 Å². The topological polar surface area (TPSA) is 58.9 Å². The maximum absolute atomic E-state index is 15.7. The molecule has 0 radical (unpaired) electrons. The van der Waals surface area contributed by atoms with E-state index < -0.39 is 6.04 Å². The van der Waals surface area contributed by atoms with Crippen LogP contribution >= 0.6 is 0 Å². The van der Waals surface area contributed by atoms with Crippen molar-refractivity contribution in [3.63, 3.8) is 0 Å². The average molecular weight is 441 g/mol. The molecule has 33 heavy (non-hydrogen) atoms. The molecule has 0 N–H and O–H groups in total. The van der Waals surface area contributed by atoms with Crippen LogP contribution in [0.2, 0.25) is 0 Å². The maximum Gasteiger partial charge on any atom is 0.207 e. The van der Waals surface area contributed by atoms with Gasteiger partial charge in [0, 0.05) is 29.7 Å². The highest BCUT2D eigenvalue weighted by Gasteiger charge is 2.34. The number of nitrogens with zero attached hydrogens (tertiary/aromatic N) is 2. The lowest BCUT2D eigenvalue weighted by molar-refractivity contribution is -0.118. The van der Waals surface area contributed by atoms with Crippen LogP contribution in [0.5, 0.6) is 0 Å². The molecule has 2 heterocycles. The Morgan fingerprint density at radius 3 is 2.55 bits per heavy atom. The van der Waals surface area contributed by atoms with Gasteiger partial charge < -0.3 is 0 Å². The number of aliphatic imine (C=N–C) groups is 2. The number of ketones is 2. The van der Waals surface area contributed by atoms with Crippen molar-refractivity contribution in [2.45, 2.75) is 50.6 Å². The first kappa shape index (κ1) is 21.4. The summed E-state index contributed by atoms with van der Waals surface area (Å²) in [6.45, 7) is 1.92. The molecule has 3 aliphatic rings. The number of Topliss-reactive ketones (excluding diaryl/α,β-unsaturated/α-hetero) is 2. The molecule has 4 nitrogen and oxygen atoms in total. The second kappa shape index (κ2) is 8.81. The van der Waals surface area contributed by atoms with Gasteiger partial charge in [-0.15, -0.1) is 0 Å². The van der Waals surface area contributed by atoms with E-state index >= 15 is 4.39 Å². The van der Waals surface area contributed by atoms with Crippen LogP contribution in [-0.4, -0.2) is 23.5 Å². The van der Waals surface area contributed by atoms with E-state index in [9.17, 15) is 9.59 Å². The van der Waals surface area contributed by atoms with Gasteiger partial charge in [0.2, 0.25) is 5.78 Å². The lowest BCUT2D eigenvalue weighted by Gasteiger charge is -2.23. The molecule has 1 fully saturated rings. The Morgan fingerprint density at radius 2 is 1.82 bits per heavy atom. The number of carbonyl (C=O) groups is 2. The fourth-order valence-corrected chi connectivity index (χ4v) is 5.00. The number of halogens is 1. The third-order valence-corrected chi connectivity index (χ3v) is 6.74. The van der Waals surface area contributed by atoms with Gasteiger partial charge in [-0.3, -0.25) is 19.6 Å². The summed E-state index contributed by atoms with van der Waals surface area (Å²) in [4.78, 5) is 34.9. The molecule has 0 aromatic heterocycles. The van der Waals surface area contributed by atoms with E-state index in [1.54, 1.807) is 30.5 Å². The van der Waals surface area contributed by atoms with Crippen molar-refractivity contribution < 1.29 is 14.0 Å². The monoisotopic (exact) mass is 440 g/mol. The Balaban J connectivity index is 1.56. The normalized spacial score (nSPS) is 24.7. The van der Waals surface area contributed by atoms with Crippen molar-refractivity contribution in [1.29, 1.82) is 0 Å². The number of dihydropyridines is 1.